The largest absolute Gasteiger partial charge is 0.273 e. The first-order chi connectivity index (χ1) is 8.13. The lowest BCUT2D eigenvalue weighted by Gasteiger charge is -2.11. The molecular formula is C12H14N2O2S. The molecule has 90 valence electrons. The van der Waals surface area contributed by atoms with Crippen molar-refractivity contribution < 1.29 is 0 Å². The molecule has 0 aliphatic heterocycles. The molecule has 0 amide bonds. The smallest absolute Gasteiger partial charge is 0.267 e. The summed E-state index contributed by atoms with van der Waals surface area (Å²) in [5.74, 6) is 0.897. The third kappa shape index (κ3) is 2.29. The average Bonchev–Trinajstić information content (AvgIpc) is 2.35. The molecule has 0 spiro atoms. The zero-order chi connectivity index (χ0) is 12.4. The van der Waals surface area contributed by atoms with Gasteiger partial charge in [0, 0.05) is 6.54 Å². The number of aromatic amines is 1. The van der Waals surface area contributed by atoms with Crippen LogP contribution in [0.4, 0.5) is 0 Å². The highest BCUT2D eigenvalue weighted by molar-refractivity contribution is 7.80. The molecule has 0 bridgehead atoms. The van der Waals surface area contributed by atoms with Gasteiger partial charge in [-0.3, -0.25) is 14.7 Å². The Hall–Kier alpha value is -1.49. The lowest BCUT2D eigenvalue weighted by atomic mass is 10.2. The summed E-state index contributed by atoms with van der Waals surface area (Å²) in [4.78, 5) is 23.9. The van der Waals surface area contributed by atoms with Crippen molar-refractivity contribution in [3.05, 3.63) is 45.0 Å². The number of rotatable bonds is 3. The third-order valence-electron chi connectivity index (χ3n) is 2.69. The average molecular weight is 250 g/mol. The van der Waals surface area contributed by atoms with Gasteiger partial charge in [0.2, 0.25) is 0 Å². The molecule has 2 rings (SSSR count). The maximum Gasteiger partial charge on any atom is 0.273 e. The van der Waals surface area contributed by atoms with Crippen LogP contribution >= 0.6 is 12.6 Å². The minimum Gasteiger partial charge on any atom is -0.267 e. The van der Waals surface area contributed by atoms with Gasteiger partial charge in [-0.2, -0.15) is 12.6 Å². The Bertz CT molecular complexity index is 645. The number of nitrogens with zero attached hydrogens (tertiary/aromatic N) is 1. The van der Waals surface area contributed by atoms with Gasteiger partial charge in [-0.1, -0.05) is 19.1 Å². The Morgan fingerprint density at radius 2 is 1.94 bits per heavy atom. The second-order valence-corrected chi connectivity index (χ2v) is 4.56. The van der Waals surface area contributed by atoms with Crippen LogP contribution in [-0.4, -0.2) is 15.5 Å². The SMILES string of the molecule is CC(CS)Cn1[nH]c(=O)c2ccccc2c1=O. The van der Waals surface area contributed by atoms with Crippen LogP contribution in [0.3, 0.4) is 0 Å². The maximum absolute atomic E-state index is 12.1. The van der Waals surface area contributed by atoms with E-state index in [0.29, 0.717) is 23.1 Å². The standard InChI is InChI=1S/C12H14N2O2S/c1-8(7-17)6-14-12(16)10-5-3-2-4-9(10)11(15)13-14/h2-5,8,17H,6-7H2,1H3,(H,13,15). The molecular weight excluding hydrogens is 236 g/mol. The number of hydrogen-bond acceptors (Lipinski definition) is 3. The van der Waals surface area contributed by atoms with Crippen molar-refractivity contribution in [1.82, 2.24) is 9.78 Å². The van der Waals surface area contributed by atoms with Crippen molar-refractivity contribution >= 4 is 23.4 Å². The number of fused-ring (bicyclic) bond motifs is 1. The number of nitrogens with one attached hydrogen (secondary N) is 1. The Kier molecular flexibility index (Phi) is 3.38. The molecule has 17 heavy (non-hydrogen) atoms. The van der Waals surface area contributed by atoms with Gasteiger partial charge in [-0.05, 0) is 23.8 Å². The molecule has 1 aromatic heterocycles. The summed E-state index contributed by atoms with van der Waals surface area (Å²) in [6, 6.07) is 6.84. The fourth-order valence-electron chi connectivity index (χ4n) is 1.74. The van der Waals surface area contributed by atoms with Gasteiger partial charge in [0.1, 0.15) is 0 Å². The Morgan fingerprint density at radius 1 is 1.29 bits per heavy atom. The fraction of sp³-hybridized carbons (Fsp3) is 0.333. The van der Waals surface area contributed by atoms with E-state index in [0.717, 1.165) is 0 Å². The van der Waals surface area contributed by atoms with Gasteiger partial charge in [-0.15, -0.1) is 0 Å². The van der Waals surface area contributed by atoms with Crippen molar-refractivity contribution in [2.24, 2.45) is 5.92 Å². The molecule has 5 heteroatoms. The van der Waals surface area contributed by atoms with Crippen LogP contribution in [0, 0.1) is 5.92 Å². The van der Waals surface area contributed by atoms with Gasteiger partial charge in [0.25, 0.3) is 11.1 Å². The van der Waals surface area contributed by atoms with Crippen molar-refractivity contribution in [1.29, 1.82) is 0 Å². The van der Waals surface area contributed by atoms with E-state index in [1.807, 2.05) is 6.92 Å². The van der Waals surface area contributed by atoms with Gasteiger partial charge in [0.05, 0.1) is 10.8 Å². The molecule has 1 heterocycles. The molecule has 4 nitrogen and oxygen atoms in total. The molecule has 1 atom stereocenters. The number of benzene rings is 1. The lowest BCUT2D eigenvalue weighted by Crippen LogP contribution is -2.31. The monoisotopic (exact) mass is 250 g/mol. The first kappa shape index (κ1) is 12.0. The molecule has 0 saturated heterocycles. The second-order valence-electron chi connectivity index (χ2n) is 4.19. The summed E-state index contributed by atoms with van der Waals surface area (Å²) in [6.07, 6.45) is 0. The van der Waals surface area contributed by atoms with Crippen molar-refractivity contribution in [2.45, 2.75) is 13.5 Å². The molecule has 1 unspecified atom stereocenters. The van der Waals surface area contributed by atoms with E-state index in [9.17, 15) is 9.59 Å². The summed E-state index contributed by atoms with van der Waals surface area (Å²) in [6.45, 7) is 2.45. The van der Waals surface area contributed by atoms with Crippen LogP contribution in [0.25, 0.3) is 10.8 Å². The quantitative estimate of drug-likeness (QED) is 0.806. The predicted octanol–water partition coefficient (Wildman–Crippen LogP) is 1.26. The van der Waals surface area contributed by atoms with Gasteiger partial charge < -0.3 is 0 Å². The van der Waals surface area contributed by atoms with Crippen LogP contribution in [0.15, 0.2) is 33.9 Å². The molecule has 0 radical (unpaired) electrons. The van der Waals surface area contributed by atoms with E-state index in [-0.39, 0.29) is 17.0 Å². The normalized spacial score (nSPS) is 12.8. The molecule has 0 aliphatic rings. The highest BCUT2D eigenvalue weighted by Gasteiger charge is 2.08. The minimum atomic E-state index is -0.230. The molecule has 0 aliphatic carbocycles. The summed E-state index contributed by atoms with van der Waals surface area (Å²) in [5, 5.41) is 3.50. The zero-order valence-electron chi connectivity index (χ0n) is 9.51. The van der Waals surface area contributed by atoms with E-state index >= 15 is 0 Å². The van der Waals surface area contributed by atoms with Gasteiger partial charge >= 0.3 is 0 Å². The minimum absolute atomic E-state index is 0.158. The summed E-state index contributed by atoms with van der Waals surface area (Å²) < 4.78 is 1.37. The predicted molar refractivity (Wildman–Crippen MR) is 71.8 cm³/mol. The Morgan fingerprint density at radius 3 is 2.59 bits per heavy atom. The van der Waals surface area contributed by atoms with E-state index in [1.165, 1.54) is 4.68 Å². The van der Waals surface area contributed by atoms with Gasteiger partial charge in [0.15, 0.2) is 0 Å². The van der Waals surface area contributed by atoms with E-state index < -0.39 is 0 Å². The first-order valence-electron chi connectivity index (χ1n) is 5.46. The Labute approximate surface area is 104 Å². The zero-order valence-corrected chi connectivity index (χ0v) is 10.4. The van der Waals surface area contributed by atoms with Gasteiger partial charge in [-0.25, -0.2) is 4.68 Å². The summed E-state index contributed by atoms with van der Waals surface area (Å²) in [7, 11) is 0. The van der Waals surface area contributed by atoms with Crippen LogP contribution in [0.1, 0.15) is 6.92 Å². The molecule has 1 aromatic carbocycles. The first-order valence-corrected chi connectivity index (χ1v) is 6.09. The number of hydrogen-bond donors (Lipinski definition) is 2. The molecule has 0 saturated carbocycles. The van der Waals surface area contributed by atoms with Crippen LogP contribution in [0.5, 0.6) is 0 Å². The second kappa shape index (κ2) is 4.79. The highest BCUT2D eigenvalue weighted by atomic mass is 32.1. The fourth-order valence-corrected chi connectivity index (χ4v) is 1.86. The Balaban J connectivity index is 2.63. The van der Waals surface area contributed by atoms with Crippen LogP contribution < -0.4 is 11.1 Å². The summed E-state index contributed by atoms with van der Waals surface area (Å²) in [5.41, 5.74) is -0.389. The van der Waals surface area contributed by atoms with E-state index in [4.69, 9.17) is 0 Å². The number of H-pyrrole nitrogens is 1. The molecule has 0 fully saturated rings. The van der Waals surface area contributed by atoms with E-state index in [2.05, 4.69) is 17.7 Å². The maximum atomic E-state index is 12.1. The van der Waals surface area contributed by atoms with Crippen molar-refractivity contribution in [3.63, 3.8) is 0 Å². The molecule has 2 aromatic rings. The van der Waals surface area contributed by atoms with Crippen LogP contribution in [-0.2, 0) is 6.54 Å². The van der Waals surface area contributed by atoms with Crippen LogP contribution in [0.2, 0.25) is 0 Å². The number of aromatic nitrogens is 2. The molecule has 1 N–H and O–H groups in total. The summed E-state index contributed by atoms with van der Waals surface area (Å²) >= 11 is 4.17. The lowest BCUT2D eigenvalue weighted by molar-refractivity contribution is 0.469. The van der Waals surface area contributed by atoms with Crippen molar-refractivity contribution in [3.8, 4) is 0 Å². The highest BCUT2D eigenvalue weighted by Crippen LogP contribution is 2.04. The topological polar surface area (TPSA) is 54.9 Å². The third-order valence-corrected chi connectivity index (χ3v) is 3.31. The van der Waals surface area contributed by atoms with E-state index in [1.54, 1.807) is 24.3 Å². The number of thiol groups is 1. The van der Waals surface area contributed by atoms with Crippen molar-refractivity contribution in [2.75, 3.05) is 5.75 Å².